The van der Waals surface area contributed by atoms with Crippen molar-refractivity contribution in [2.45, 2.75) is 138 Å². The molecule has 5 atom stereocenters. The van der Waals surface area contributed by atoms with Crippen molar-refractivity contribution in [2.24, 2.45) is 5.92 Å². The van der Waals surface area contributed by atoms with E-state index in [9.17, 15) is 36.4 Å². The van der Waals surface area contributed by atoms with E-state index in [4.69, 9.17) is 9.47 Å². The van der Waals surface area contributed by atoms with Gasteiger partial charge in [0.15, 0.2) is 5.75 Å². The number of allylic oxidation sites excluding steroid dienone is 1. The van der Waals surface area contributed by atoms with E-state index in [0.717, 1.165) is 6.42 Å². The largest absolute Gasteiger partial charge is 0.483 e. The van der Waals surface area contributed by atoms with Crippen molar-refractivity contribution in [2.75, 3.05) is 6.54 Å². The first-order valence-electron chi connectivity index (χ1n) is 19.1. The minimum absolute atomic E-state index is 0.0824. The fourth-order valence-corrected chi connectivity index (χ4v) is 9.42. The quantitative estimate of drug-likeness (QED) is 0.348. The highest BCUT2D eigenvalue weighted by atomic mass is 32.2. The minimum atomic E-state index is -4.04. The van der Waals surface area contributed by atoms with Gasteiger partial charge in [-0.15, -0.1) is 0 Å². The van der Waals surface area contributed by atoms with Crippen molar-refractivity contribution in [3.05, 3.63) is 47.7 Å². The normalized spacial score (nSPS) is 29.8. The van der Waals surface area contributed by atoms with Gasteiger partial charge in [0, 0.05) is 23.3 Å². The molecule has 4 amide bonds. The molecule has 55 heavy (non-hydrogen) atoms. The topological polar surface area (TPSA) is 173 Å². The molecule has 1 aromatic heterocycles. The molecule has 2 aliphatic carbocycles. The number of hydrogen-bond acceptors (Lipinski definition) is 9. The second-order valence-electron chi connectivity index (χ2n) is 17.0. The van der Waals surface area contributed by atoms with Crippen LogP contribution in [-0.2, 0) is 35.6 Å². The van der Waals surface area contributed by atoms with E-state index in [1.165, 1.54) is 4.90 Å². The lowest BCUT2D eigenvalue weighted by Gasteiger charge is -2.37. The molecule has 0 radical (unpaired) electrons. The molecule has 298 valence electrons. The SMILES string of the molecule is CC(C)(C)OC(=O)N[C@H]1CCCCC/C=C\[C@@H]2C[C@@]2(C(=O)NS(=O)(=O)C2(C)CC2)NC(=O)[C@@H]2C[C@]3(CCc4c(c(C(F)F)nc5ccccc45)O3)CN2C1=O. The number of nitrogens with one attached hydrogen (secondary N) is 3. The Morgan fingerprint density at radius 2 is 1.84 bits per heavy atom. The highest BCUT2D eigenvalue weighted by molar-refractivity contribution is 7.91. The van der Waals surface area contributed by atoms with Gasteiger partial charge in [0.25, 0.3) is 12.3 Å². The van der Waals surface area contributed by atoms with Crippen LogP contribution in [0.25, 0.3) is 10.9 Å². The van der Waals surface area contributed by atoms with Crippen molar-refractivity contribution in [3.8, 4) is 5.75 Å². The Hall–Kier alpha value is -4.34. The summed E-state index contributed by atoms with van der Waals surface area (Å²) in [5.41, 5.74) is -3.34. The van der Waals surface area contributed by atoms with Gasteiger partial charge in [0.1, 0.15) is 34.5 Å². The molecule has 7 rings (SSSR count). The summed E-state index contributed by atoms with van der Waals surface area (Å²) in [6.07, 6.45) is 4.23. The molecule has 13 nitrogen and oxygen atoms in total. The first-order valence-corrected chi connectivity index (χ1v) is 20.6. The average Bonchev–Trinajstić information content (AvgIpc) is 4.00. The van der Waals surface area contributed by atoms with Crippen LogP contribution >= 0.6 is 0 Å². The number of alkyl carbamates (subject to hydrolysis) is 1. The average molecular weight is 786 g/mol. The van der Waals surface area contributed by atoms with Gasteiger partial charge in [-0.2, -0.15) is 0 Å². The fourth-order valence-electron chi connectivity index (χ4n) is 8.10. The molecule has 3 N–H and O–H groups in total. The lowest BCUT2D eigenvalue weighted by molar-refractivity contribution is -0.141. The number of nitrogens with zero attached hydrogens (tertiary/aromatic N) is 2. The van der Waals surface area contributed by atoms with Gasteiger partial charge in [-0.1, -0.05) is 43.2 Å². The van der Waals surface area contributed by atoms with Crippen molar-refractivity contribution in [1.29, 1.82) is 0 Å². The third-order valence-electron chi connectivity index (χ3n) is 11.6. The van der Waals surface area contributed by atoms with Gasteiger partial charge in [-0.05, 0) is 85.1 Å². The molecule has 1 aromatic carbocycles. The van der Waals surface area contributed by atoms with Gasteiger partial charge < -0.3 is 25.0 Å². The summed E-state index contributed by atoms with van der Waals surface area (Å²) in [5, 5.41) is 6.21. The molecule has 4 heterocycles. The van der Waals surface area contributed by atoms with Gasteiger partial charge in [0.2, 0.25) is 21.8 Å². The number of aromatic nitrogens is 1. The number of carbonyl (C=O) groups excluding carboxylic acids is 4. The number of carbonyl (C=O) groups is 4. The number of sulfonamides is 1. The van der Waals surface area contributed by atoms with Crippen LogP contribution in [0.1, 0.15) is 110 Å². The van der Waals surface area contributed by atoms with E-state index >= 15 is 0 Å². The van der Waals surface area contributed by atoms with Crippen molar-refractivity contribution >= 4 is 44.7 Å². The van der Waals surface area contributed by atoms with E-state index in [1.807, 2.05) is 12.2 Å². The van der Waals surface area contributed by atoms with Gasteiger partial charge in [0.05, 0.1) is 16.8 Å². The van der Waals surface area contributed by atoms with Crippen LogP contribution < -0.4 is 20.1 Å². The Morgan fingerprint density at radius 1 is 1.09 bits per heavy atom. The van der Waals surface area contributed by atoms with Crippen LogP contribution in [0.3, 0.4) is 0 Å². The predicted molar refractivity (Wildman–Crippen MR) is 198 cm³/mol. The maximum absolute atomic E-state index is 14.7. The maximum Gasteiger partial charge on any atom is 0.408 e. The number of aryl methyl sites for hydroxylation is 1. The van der Waals surface area contributed by atoms with Crippen molar-refractivity contribution in [1.82, 2.24) is 25.2 Å². The number of ether oxygens (including phenoxy) is 2. The van der Waals surface area contributed by atoms with Gasteiger partial charge in [-0.3, -0.25) is 19.1 Å². The summed E-state index contributed by atoms with van der Waals surface area (Å²) in [6, 6.07) is 4.57. The monoisotopic (exact) mass is 785 g/mol. The smallest absolute Gasteiger partial charge is 0.408 e. The summed E-state index contributed by atoms with van der Waals surface area (Å²) < 4.78 is 68.7. The van der Waals surface area contributed by atoms with Crippen LogP contribution in [0.15, 0.2) is 36.4 Å². The maximum atomic E-state index is 14.7. The summed E-state index contributed by atoms with van der Waals surface area (Å²) in [5.74, 6) is -2.76. The third-order valence-corrected chi connectivity index (χ3v) is 13.8. The Labute approximate surface area is 319 Å². The first kappa shape index (κ1) is 38.9. The van der Waals surface area contributed by atoms with Gasteiger partial charge >= 0.3 is 6.09 Å². The minimum Gasteiger partial charge on any atom is -0.483 e. The van der Waals surface area contributed by atoms with E-state index in [-0.39, 0.29) is 38.0 Å². The molecule has 0 unspecified atom stereocenters. The van der Waals surface area contributed by atoms with E-state index in [2.05, 4.69) is 20.3 Å². The molecular formula is C39H49F2N5O8S. The Bertz CT molecular complexity index is 2050. The van der Waals surface area contributed by atoms with E-state index < -0.39 is 85.4 Å². The molecule has 2 saturated carbocycles. The van der Waals surface area contributed by atoms with Crippen LogP contribution in [0.2, 0.25) is 0 Å². The summed E-state index contributed by atoms with van der Waals surface area (Å²) in [6.45, 7) is 6.46. The first-order chi connectivity index (χ1) is 25.9. The van der Waals surface area contributed by atoms with E-state index in [0.29, 0.717) is 55.0 Å². The second-order valence-corrected chi connectivity index (χ2v) is 19.2. The molecule has 3 aliphatic heterocycles. The highest BCUT2D eigenvalue weighted by Crippen LogP contribution is 2.49. The van der Waals surface area contributed by atoms with E-state index in [1.54, 1.807) is 52.0 Å². The fraction of sp³-hybridized carbons (Fsp3) is 0.615. The zero-order chi connectivity index (χ0) is 39.6. The molecule has 0 bridgehead atoms. The van der Waals surface area contributed by atoms with Crippen LogP contribution in [-0.4, -0.2) is 82.2 Å². The van der Waals surface area contributed by atoms with Crippen molar-refractivity contribution in [3.63, 3.8) is 0 Å². The number of hydrogen-bond donors (Lipinski definition) is 3. The number of alkyl halides is 2. The number of pyridine rings is 1. The number of halogens is 2. The number of fused-ring (bicyclic) bond motifs is 5. The van der Waals surface area contributed by atoms with Crippen LogP contribution in [0.5, 0.6) is 5.75 Å². The molecule has 3 fully saturated rings. The summed E-state index contributed by atoms with van der Waals surface area (Å²) in [7, 11) is -4.04. The summed E-state index contributed by atoms with van der Waals surface area (Å²) in [4.78, 5) is 61.7. The lowest BCUT2D eigenvalue weighted by atomic mass is 9.87. The zero-order valence-corrected chi connectivity index (χ0v) is 32.4. The molecule has 1 spiro atoms. The zero-order valence-electron chi connectivity index (χ0n) is 31.6. The molecule has 5 aliphatic rings. The number of rotatable bonds is 5. The summed E-state index contributed by atoms with van der Waals surface area (Å²) >= 11 is 0. The van der Waals surface area contributed by atoms with Gasteiger partial charge in [-0.25, -0.2) is 27.0 Å². The van der Waals surface area contributed by atoms with Crippen molar-refractivity contribution < 1.29 is 45.9 Å². The standard InChI is InChI=1S/C39H49F2N5O8S/c1-36(2,3)54-35(50)43-27-15-9-7-5-6-8-12-23-20-39(23,34(49)45-55(51,52)37(4)18-19-37)44-32(47)28-21-38(22-46(28)33(27)48)17-16-25-24-13-10-11-14-26(24)42-29(31(40)41)30(25)53-38/h8,10-14,23,27-28,31H,5-7,9,15-22H2,1-4H3,(H,43,50)(H,44,47)(H,45,49)/b12-8-/t23-,27+,28+,38-,39-/m1/s1. The van der Waals surface area contributed by atoms with Crippen LogP contribution in [0, 0.1) is 5.92 Å². The Kier molecular flexibility index (Phi) is 9.90. The molecule has 1 saturated heterocycles. The molecule has 2 aromatic rings. The third kappa shape index (κ3) is 7.62. The Morgan fingerprint density at radius 3 is 2.55 bits per heavy atom. The Balaban J connectivity index is 1.25. The second kappa shape index (κ2) is 14.0. The molecule has 16 heteroatoms. The number of amides is 4. The lowest BCUT2D eigenvalue weighted by Crippen LogP contribution is -2.58. The predicted octanol–water partition coefficient (Wildman–Crippen LogP) is 5.12. The highest BCUT2D eigenvalue weighted by Gasteiger charge is 2.64. The number of para-hydroxylation sites is 1. The van der Waals surface area contributed by atoms with Crippen LogP contribution in [0.4, 0.5) is 13.6 Å². The molecular weight excluding hydrogens is 737 g/mol. The number of benzene rings is 1.